The molecule has 2 aliphatic heterocycles. The van der Waals surface area contributed by atoms with E-state index < -0.39 is 0 Å². The number of hydrogen-bond donors (Lipinski definition) is 2. The van der Waals surface area contributed by atoms with E-state index in [9.17, 15) is 5.11 Å². The largest absolute Gasteiger partial charge is 0.415 e. The van der Waals surface area contributed by atoms with Gasteiger partial charge in [0.1, 0.15) is 16.5 Å². The van der Waals surface area contributed by atoms with Crippen LogP contribution in [0.15, 0.2) is 53.1 Å². The topological polar surface area (TPSA) is 113 Å². The first kappa shape index (κ1) is 23.0. The molecule has 0 bridgehead atoms. The number of hydrogen-bond acceptors (Lipinski definition) is 11. The molecule has 0 spiro atoms. The van der Waals surface area contributed by atoms with Crippen LogP contribution in [-0.2, 0) is 11.3 Å². The second-order valence-corrected chi connectivity index (χ2v) is 9.96. The van der Waals surface area contributed by atoms with Crippen LogP contribution in [0.2, 0.25) is 0 Å². The van der Waals surface area contributed by atoms with Crippen LogP contribution in [-0.4, -0.2) is 75.7 Å². The van der Waals surface area contributed by atoms with Crippen LogP contribution < -0.4 is 10.2 Å². The summed E-state index contributed by atoms with van der Waals surface area (Å²) in [6.07, 6.45) is 2.16. The molecule has 0 aliphatic carbocycles. The van der Waals surface area contributed by atoms with Gasteiger partial charge in [-0.15, -0.1) is 10.2 Å². The minimum atomic E-state index is -0.317. The summed E-state index contributed by atoms with van der Waals surface area (Å²) in [5.74, 6) is 2.48. The summed E-state index contributed by atoms with van der Waals surface area (Å²) in [6, 6.07) is 13.9. The Balaban J connectivity index is 1.22. The van der Waals surface area contributed by atoms with Crippen LogP contribution in [0.1, 0.15) is 12.0 Å². The van der Waals surface area contributed by atoms with Crippen molar-refractivity contribution >= 4 is 28.1 Å². The summed E-state index contributed by atoms with van der Waals surface area (Å²) in [5.41, 5.74) is 2.03. The second-order valence-electron chi connectivity index (χ2n) is 8.93. The number of aliphatic hydroxyl groups is 1. The van der Waals surface area contributed by atoms with Gasteiger partial charge in [0.2, 0.25) is 5.89 Å². The summed E-state index contributed by atoms with van der Waals surface area (Å²) < 4.78 is 11.4. The Kier molecular flexibility index (Phi) is 6.60. The number of β-amino-alcohol motifs (C(OH)–C–C–N with tert-alkyl or cyclic N) is 1. The number of aliphatic hydroxyl groups excluding tert-OH is 1. The predicted octanol–water partition coefficient (Wildman–Crippen LogP) is 3.40. The average molecular weight is 506 g/mol. The van der Waals surface area contributed by atoms with Gasteiger partial charge in [-0.25, -0.2) is 9.97 Å². The van der Waals surface area contributed by atoms with Gasteiger partial charge in [0, 0.05) is 38.3 Å². The molecule has 2 fully saturated rings. The van der Waals surface area contributed by atoms with Crippen LogP contribution in [0.5, 0.6) is 0 Å². The number of nitrogens with zero attached hydrogens (tertiary/aromatic N) is 6. The SMILES string of the molecule is OC1CCN(c2cc(CN3CCOCC3)cc(Nc3ncc(-c4nnc(-c5ccccc5)o4)s3)n2)C1. The molecule has 2 saturated heterocycles. The first-order valence-electron chi connectivity index (χ1n) is 12.1. The van der Waals surface area contributed by atoms with Crippen molar-refractivity contribution in [2.24, 2.45) is 0 Å². The first-order chi connectivity index (χ1) is 17.7. The zero-order valence-corrected chi connectivity index (χ0v) is 20.5. The van der Waals surface area contributed by atoms with Crippen molar-refractivity contribution < 1.29 is 14.3 Å². The van der Waals surface area contributed by atoms with Crippen molar-refractivity contribution in [3.05, 3.63) is 54.2 Å². The van der Waals surface area contributed by atoms with Crippen LogP contribution in [0.4, 0.5) is 16.8 Å². The van der Waals surface area contributed by atoms with E-state index in [1.165, 1.54) is 11.3 Å². The molecule has 11 heteroatoms. The van der Waals surface area contributed by atoms with Crippen molar-refractivity contribution in [2.45, 2.75) is 19.1 Å². The number of morpholine rings is 1. The molecule has 6 rings (SSSR count). The third-order valence-corrected chi connectivity index (χ3v) is 7.17. The Morgan fingerprint density at radius 2 is 1.89 bits per heavy atom. The molecule has 36 heavy (non-hydrogen) atoms. The highest BCUT2D eigenvalue weighted by molar-refractivity contribution is 7.18. The minimum Gasteiger partial charge on any atom is -0.415 e. The van der Waals surface area contributed by atoms with E-state index in [2.05, 4.69) is 42.4 Å². The molecule has 0 radical (unpaired) electrons. The van der Waals surface area contributed by atoms with Gasteiger partial charge in [-0.2, -0.15) is 0 Å². The fourth-order valence-electron chi connectivity index (χ4n) is 4.42. The second kappa shape index (κ2) is 10.3. The molecule has 4 aromatic rings. The fraction of sp³-hybridized carbons (Fsp3) is 0.360. The zero-order valence-electron chi connectivity index (χ0n) is 19.7. The maximum absolute atomic E-state index is 10.0. The van der Waals surface area contributed by atoms with E-state index in [1.807, 2.05) is 30.3 Å². The number of thiazole rings is 1. The molecule has 0 saturated carbocycles. The van der Waals surface area contributed by atoms with Crippen LogP contribution in [0, 0.1) is 0 Å². The average Bonchev–Trinajstić information content (AvgIpc) is 3.66. The van der Waals surface area contributed by atoms with Gasteiger partial charge >= 0.3 is 0 Å². The van der Waals surface area contributed by atoms with Gasteiger partial charge in [-0.05, 0) is 36.2 Å². The molecule has 10 nitrogen and oxygen atoms in total. The number of ether oxygens (including phenoxy) is 1. The highest BCUT2D eigenvalue weighted by atomic mass is 32.1. The quantitative estimate of drug-likeness (QED) is 0.387. The zero-order chi connectivity index (χ0) is 24.3. The summed E-state index contributed by atoms with van der Waals surface area (Å²) >= 11 is 1.43. The first-order valence-corrected chi connectivity index (χ1v) is 12.9. The maximum Gasteiger partial charge on any atom is 0.259 e. The third-order valence-electron chi connectivity index (χ3n) is 6.27. The molecule has 186 valence electrons. The molecule has 1 atom stereocenters. The molecule has 0 amide bonds. The lowest BCUT2D eigenvalue weighted by atomic mass is 10.2. The van der Waals surface area contributed by atoms with Gasteiger partial charge in [-0.1, -0.05) is 29.5 Å². The summed E-state index contributed by atoms with van der Waals surface area (Å²) in [7, 11) is 0. The highest BCUT2D eigenvalue weighted by Crippen LogP contribution is 2.32. The van der Waals surface area contributed by atoms with Crippen molar-refractivity contribution in [3.63, 3.8) is 0 Å². The molecule has 1 unspecified atom stereocenters. The maximum atomic E-state index is 10.0. The van der Waals surface area contributed by atoms with E-state index in [-0.39, 0.29) is 6.10 Å². The summed E-state index contributed by atoms with van der Waals surface area (Å²) in [4.78, 5) is 14.6. The lowest BCUT2D eigenvalue weighted by molar-refractivity contribution is 0.0342. The molecule has 2 aliphatic rings. The third kappa shape index (κ3) is 5.24. The number of anilines is 3. The van der Waals surface area contributed by atoms with Gasteiger partial charge < -0.3 is 24.5 Å². The Morgan fingerprint density at radius 3 is 2.69 bits per heavy atom. The predicted molar refractivity (Wildman–Crippen MR) is 137 cm³/mol. The van der Waals surface area contributed by atoms with Crippen LogP contribution >= 0.6 is 11.3 Å². The monoisotopic (exact) mass is 505 g/mol. The lowest BCUT2D eigenvalue weighted by Crippen LogP contribution is -2.35. The smallest absolute Gasteiger partial charge is 0.259 e. The van der Waals surface area contributed by atoms with Crippen LogP contribution in [0.25, 0.3) is 22.2 Å². The number of rotatable bonds is 7. The number of benzene rings is 1. The summed E-state index contributed by atoms with van der Waals surface area (Å²) in [5, 5.41) is 22.5. The molecule has 3 aromatic heterocycles. The number of nitrogens with one attached hydrogen (secondary N) is 1. The Hall–Kier alpha value is -3.38. The Labute approximate surface area is 212 Å². The van der Waals surface area contributed by atoms with Gasteiger partial charge in [0.15, 0.2) is 5.13 Å². The van der Waals surface area contributed by atoms with Gasteiger partial charge in [0.05, 0.1) is 25.5 Å². The molecular weight excluding hydrogens is 478 g/mol. The van der Waals surface area contributed by atoms with E-state index in [0.29, 0.717) is 29.3 Å². The van der Waals surface area contributed by atoms with E-state index in [1.54, 1.807) is 6.20 Å². The van der Waals surface area contributed by atoms with Gasteiger partial charge in [0.25, 0.3) is 5.89 Å². The van der Waals surface area contributed by atoms with E-state index in [4.69, 9.17) is 14.1 Å². The van der Waals surface area contributed by atoms with Crippen molar-refractivity contribution in [1.82, 2.24) is 25.1 Å². The number of pyridine rings is 1. The molecular formula is C25H27N7O3S. The molecule has 1 aromatic carbocycles. The standard InChI is InChI=1S/C25H27N7O3S/c33-19-6-7-32(16-19)22-13-17(15-31-8-10-34-11-9-31)12-21(27-22)28-25-26-14-20(36-25)24-30-29-23(35-24)18-4-2-1-3-5-18/h1-5,12-14,19,33H,6-11,15-16H2,(H,26,27,28). The van der Waals surface area contributed by atoms with Crippen molar-refractivity contribution in [2.75, 3.05) is 49.6 Å². The fourth-order valence-corrected chi connectivity index (χ4v) is 5.16. The van der Waals surface area contributed by atoms with E-state index >= 15 is 0 Å². The van der Waals surface area contributed by atoms with Crippen molar-refractivity contribution in [3.8, 4) is 22.2 Å². The highest BCUT2D eigenvalue weighted by Gasteiger charge is 2.23. The Bertz CT molecular complexity index is 1310. The summed E-state index contributed by atoms with van der Waals surface area (Å²) in [6.45, 7) is 5.53. The lowest BCUT2D eigenvalue weighted by Gasteiger charge is -2.27. The van der Waals surface area contributed by atoms with Crippen molar-refractivity contribution in [1.29, 1.82) is 0 Å². The molecule has 2 N–H and O–H groups in total. The van der Waals surface area contributed by atoms with Gasteiger partial charge in [-0.3, -0.25) is 4.90 Å². The minimum absolute atomic E-state index is 0.317. The van der Waals surface area contributed by atoms with Crippen LogP contribution in [0.3, 0.4) is 0 Å². The molecule has 5 heterocycles. The number of aromatic nitrogens is 4. The van der Waals surface area contributed by atoms with E-state index in [0.717, 1.165) is 67.6 Å². The normalized spacial score (nSPS) is 18.6. The Morgan fingerprint density at radius 1 is 1.06 bits per heavy atom.